The van der Waals surface area contributed by atoms with E-state index in [9.17, 15) is 0 Å². The van der Waals surface area contributed by atoms with Crippen molar-refractivity contribution in [3.05, 3.63) is 23.8 Å². The van der Waals surface area contributed by atoms with Crippen LogP contribution in [0.2, 0.25) is 0 Å². The van der Waals surface area contributed by atoms with E-state index in [-0.39, 0.29) is 0 Å². The molecule has 0 aromatic rings. The first-order valence-electron chi connectivity index (χ1n) is 2.97. The summed E-state index contributed by atoms with van der Waals surface area (Å²) < 4.78 is 0. The van der Waals surface area contributed by atoms with Crippen LogP contribution >= 0.6 is 0 Å². The van der Waals surface area contributed by atoms with Crippen molar-refractivity contribution in [3.8, 4) is 6.07 Å². The van der Waals surface area contributed by atoms with Crippen molar-refractivity contribution >= 4 is 0 Å². The van der Waals surface area contributed by atoms with Crippen LogP contribution in [-0.2, 0) is 0 Å². The summed E-state index contributed by atoms with van der Waals surface area (Å²) in [6.45, 7) is 7.56. The first-order chi connectivity index (χ1) is 4.20. The van der Waals surface area contributed by atoms with Crippen LogP contribution in [-0.4, -0.2) is 0 Å². The van der Waals surface area contributed by atoms with E-state index in [2.05, 4.69) is 13.5 Å². The molecule has 0 heterocycles. The van der Waals surface area contributed by atoms with Crippen molar-refractivity contribution < 1.29 is 0 Å². The third kappa shape index (κ3) is 3.54. The van der Waals surface area contributed by atoms with E-state index in [1.54, 1.807) is 6.08 Å². The topological polar surface area (TPSA) is 23.8 Å². The maximum absolute atomic E-state index is 8.29. The van der Waals surface area contributed by atoms with Gasteiger partial charge in [-0.1, -0.05) is 19.1 Å². The minimum atomic E-state index is 0.536. The number of allylic oxidation sites excluding steroid dienone is 3. The lowest BCUT2D eigenvalue weighted by Crippen LogP contribution is -1.72. The van der Waals surface area contributed by atoms with Gasteiger partial charge in [-0.3, -0.25) is 0 Å². The van der Waals surface area contributed by atoms with Gasteiger partial charge < -0.3 is 0 Å². The Bertz CT molecular complexity index is 169. The van der Waals surface area contributed by atoms with E-state index in [4.69, 9.17) is 5.26 Å². The summed E-state index contributed by atoms with van der Waals surface area (Å²) in [5.74, 6) is 0. The Hall–Kier alpha value is -1.03. The SMILES string of the molecule is C=C(C#N)/C=C(\C)CC. The first-order valence-corrected chi connectivity index (χ1v) is 2.97. The molecule has 0 aliphatic heterocycles. The lowest BCUT2D eigenvalue weighted by Gasteiger charge is -1.90. The summed E-state index contributed by atoms with van der Waals surface area (Å²) in [4.78, 5) is 0. The quantitative estimate of drug-likeness (QED) is 0.406. The minimum absolute atomic E-state index is 0.536. The molecule has 0 amide bonds. The molecule has 48 valence electrons. The third-order valence-electron chi connectivity index (χ3n) is 1.12. The summed E-state index contributed by atoms with van der Waals surface area (Å²) >= 11 is 0. The van der Waals surface area contributed by atoms with Crippen molar-refractivity contribution in [1.29, 1.82) is 5.26 Å². The van der Waals surface area contributed by atoms with E-state index in [0.29, 0.717) is 5.57 Å². The zero-order valence-corrected chi connectivity index (χ0v) is 5.94. The zero-order valence-electron chi connectivity index (χ0n) is 5.94. The fraction of sp³-hybridized carbons (Fsp3) is 0.375. The van der Waals surface area contributed by atoms with Crippen molar-refractivity contribution in [1.82, 2.24) is 0 Å². The highest BCUT2D eigenvalue weighted by atomic mass is 14.2. The molecule has 9 heavy (non-hydrogen) atoms. The molecule has 0 aromatic heterocycles. The van der Waals surface area contributed by atoms with Gasteiger partial charge in [0, 0.05) is 5.57 Å². The monoisotopic (exact) mass is 121 g/mol. The first kappa shape index (κ1) is 7.97. The lowest BCUT2D eigenvalue weighted by molar-refractivity contribution is 1.10. The molecule has 0 radical (unpaired) electrons. The minimum Gasteiger partial charge on any atom is -0.192 e. The Kier molecular flexibility index (Phi) is 3.46. The van der Waals surface area contributed by atoms with Crippen LogP contribution in [0.15, 0.2) is 23.8 Å². The number of hydrogen-bond acceptors (Lipinski definition) is 1. The third-order valence-corrected chi connectivity index (χ3v) is 1.12. The Morgan fingerprint density at radius 1 is 1.78 bits per heavy atom. The Labute approximate surface area is 56.3 Å². The van der Waals surface area contributed by atoms with Crippen molar-refractivity contribution in [2.45, 2.75) is 20.3 Å². The average molecular weight is 121 g/mol. The van der Waals surface area contributed by atoms with E-state index in [1.807, 2.05) is 13.0 Å². The van der Waals surface area contributed by atoms with Gasteiger partial charge in [0.25, 0.3) is 0 Å². The van der Waals surface area contributed by atoms with Crippen molar-refractivity contribution in [2.75, 3.05) is 0 Å². The normalized spacial score (nSPS) is 10.6. The van der Waals surface area contributed by atoms with Gasteiger partial charge in [-0.2, -0.15) is 5.26 Å². The number of nitriles is 1. The molecular weight excluding hydrogens is 110 g/mol. The van der Waals surface area contributed by atoms with Gasteiger partial charge in [0.15, 0.2) is 0 Å². The van der Waals surface area contributed by atoms with Gasteiger partial charge in [0.1, 0.15) is 0 Å². The number of hydrogen-bond donors (Lipinski definition) is 0. The molecule has 0 spiro atoms. The second-order valence-corrected chi connectivity index (χ2v) is 1.98. The van der Waals surface area contributed by atoms with Gasteiger partial charge in [-0.05, 0) is 19.4 Å². The molecule has 0 fully saturated rings. The largest absolute Gasteiger partial charge is 0.192 e. The standard InChI is InChI=1S/C8H11N/c1-4-7(2)5-8(3)6-9/h5H,3-4H2,1-2H3/b7-5+. The highest BCUT2D eigenvalue weighted by Crippen LogP contribution is 2.01. The van der Waals surface area contributed by atoms with E-state index < -0.39 is 0 Å². The molecule has 0 aliphatic rings. The van der Waals surface area contributed by atoms with Gasteiger partial charge in [0.2, 0.25) is 0 Å². The van der Waals surface area contributed by atoms with Crippen LogP contribution < -0.4 is 0 Å². The summed E-state index contributed by atoms with van der Waals surface area (Å²) in [5.41, 5.74) is 1.73. The molecule has 1 nitrogen and oxygen atoms in total. The summed E-state index contributed by atoms with van der Waals surface area (Å²) in [7, 11) is 0. The van der Waals surface area contributed by atoms with Gasteiger partial charge in [-0.15, -0.1) is 0 Å². The lowest BCUT2D eigenvalue weighted by atomic mass is 10.2. The summed E-state index contributed by atoms with van der Waals surface area (Å²) in [5, 5.41) is 8.29. The highest BCUT2D eigenvalue weighted by Gasteiger charge is 1.85. The Morgan fingerprint density at radius 2 is 2.33 bits per heavy atom. The highest BCUT2D eigenvalue weighted by molar-refractivity contribution is 5.31. The van der Waals surface area contributed by atoms with Gasteiger partial charge in [-0.25, -0.2) is 0 Å². The smallest absolute Gasteiger partial charge is 0.0985 e. The Balaban J connectivity index is 3.99. The molecule has 0 aliphatic carbocycles. The van der Waals surface area contributed by atoms with Crippen LogP contribution in [0.5, 0.6) is 0 Å². The van der Waals surface area contributed by atoms with E-state index in [0.717, 1.165) is 6.42 Å². The molecule has 0 aromatic carbocycles. The second kappa shape index (κ2) is 3.91. The molecule has 0 unspecified atom stereocenters. The predicted molar refractivity (Wildman–Crippen MR) is 38.8 cm³/mol. The maximum atomic E-state index is 8.29. The van der Waals surface area contributed by atoms with Crippen LogP contribution in [0.25, 0.3) is 0 Å². The Morgan fingerprint density at radius 3 is 2.67 bits per heavy atom. The second-order valence-electron chi connectivity index (χ2n) is 1.98. The van der Waals surface area contributed by atoms with Crippen LogP contribution in [0.1, 0.15) is 20.3 Å². The molecule has 0 atom stereocenters. The summed E-state index contributed by atoms with van der Waals surface area (Å²) in [6, 6.07) is 1.96. The number of nitrogens with zero attached hydrogens (tertiary/aromatic N) is 1. The van der Waals surface area contributed by atoms with Crippen LogP contribution in [0.3, 0.4) is 0 Å². The fourth-order valence-corrected chi connectivity index (χ4v) is 0.432. The van der Waals surface area contributed by atoms with Crippen LogP contribution in [0.4, 0.5) is 0 Å². The fourth-order valence-electron chi connectivity index (χ4n) is 0.432. The van der Waals surface area contributed by atoms with Crippen LogP contribution in [0, 0.1) is 11.3 Å². The van der Waals surface area contributed by atoms with Crippen molar-refractivity contribution in [3.63, 3.8) is 0 Å². The molecule has 0 saturated heterocycles. The molecule has 0 N–H and O–H groups in total. The average Bonchev–Trinajstić information content (AvgIpc) is 1.87. The molecule has 0 bridgehead atoms. The zero-order chi connectivity index (χ0) is 7.28. The molecule has 0 rings (SSSR count). The van der Waals surface area contributed by atoms with E-state index in [1.165, 1.54) is 5.57 Å². The van der Waals surface area contributed by atoms with E-state index >= 15 is 0 Å². The molecule has 0 saturated carbocycles. The van der Waals surface area contributed by atoms with Gasteiger partial charge >= 0.3 is 0 Å². The number of rotatable bonds is 2. The predicted octanol–water partition coefficient (Wildman–Crippen LogP) is 2.42. The van der Waals surface area contributed by atoms with Crippen molar-refractivity contribution in [2.24, 2.45) is 0 Å². The van der Waals surface area contributed by atoms with Gasteiger partial charge in [0.05, 0.1) is 6.07 Å². The summed E-state index contributed by atoms with van der Waals surface area (Å²) in [6.07, 6.45) is 2.79. The maximum Gasteiger partial charge on any atom is 0.0985 e. The molecular formula is C8H11N. The molecule has 1 heteroatoms.